The predicted molar refractivity (Wildman–Crippen MR) is 70.8 cm³/mol. The van der Waals surface area contributed by atoms with E-state index < -0.39 is 11.5 Å². The standard InChI is InChI=1S/C12H20N2O3S/c15-10(16)12(6-7-18-8-12)14-11(17)13-9-4-2-1-3-5-9/h9H,1-8H2,(H,15,16)(H2,13,14,17). The molecule has 6 heteroatoms. The minimum atomic E-state index is -1.07. The Morgan fingerprint density at radius 1 is 1.22 bits per heavy atom. The molecule has 2 fully saturated rings. The van der Waals surface area contributed by atoms with Gasteiger partial charge in [0.15, 0.2) is 0 Å². The third-order valence-electron chi connectivity index (χ3n) is 3.72. The molecule has 1 saturated carbocycles. The van der Waals surface area contributed by atoms with Gasteiger partial charge in [-0.25, -0.2) is 9.59 Å². The number of nitrogens with one attached hydrogen (secondary N) is 2. The van der Waals surface area contributed by atoms with Crippen molar-refractivity contribution < 1.29 is 14.7 Å². The zero-order chi connectivity index (χ0) is 13.0. The van der Waals surface area contributed by atoms with Crippen LogP contribution in [0.4, 0.5) is 4.79 Å². The Morgan fingerprint density at radius 2 is 1.94 bits per heavy atom. The molecule has 2 aliphatic rings. The van der Waals surface area contributed by atoms with Gasteiger partial charge < -0.3 is 15.7 Å². The van der Waals surface area contributed by atoms with Crippen molar-refractivity contribution >= 4 is 23.8 Å². The zero-order valence-electron chi connectivity index (χ0n) is 10.4. The highest BCUT2D eigenvalue weighted by atomic mass is 32.2. The van der Waals surface area contributed by atoms with Crippen LogP contribution in [0.3, 0.4) is 0 Å². The number of rotatable bonds is 3. The summed E-state index contributed by atoms with van der Waals surface area (Å²) in [6.45, 7) is 0. The minimum Gasteiger partial charge on any atom is -0.479 e. The highest BCUT2D eigenvalue weighted by Crippen LogP contribution is 2.28. The Balaban J connectivity index is 1.87. The van der Waals surface area contributed by atoms with E-state index >= 15 is 0 Å². The van der Waals surface area contributed by atoms with Crippen LogP contribution in [-0.4, -0.2) is 40.2 Å². The molecule has 1 saturated heterocycles. The quantitative estimate of drug-likeness (QED) is 0.729. The molecule has 1 heterocycles. The second kappa shape index (κ2) is 5.82. The topological polar surface area (TPSA) is 78.4 Å². The van der Waals surface area contributed by atoms with Gasteiger partial charge in [-0.05, 0) is 25.0 Å². The molecule has 0 aromatic rings. The van der Waals surface area contributed by atoms with Gasteiger partial charge in [0.25, 0.3) is 0 Å². The van der Waals surface area contributed by atoms with Crippen LogP contribution < -0.4 is 10.6 Å². The lowest BCUT2D eigenvalue weighted by molar-refractivity contribution is -0.143. The first-order valence-electron chi connectivity index (χ1n) is 6.52. The summed E-state index contributed by atoms with van der Waals surface area (Å²) in [7, 11) is 0. The van der Waals surface area contributed by atoms with Crippen molar-refractivity contribution in [3.8, 4) is 0 Å². The fourth-order valence-electron chi connectivity index (χ4n) is 2.57. The van der Waals surface area contributed by atoms with Crippen LogP contribution in [0.15, 0.2) is 0 Å². The van der Waals surface area contributed by atoms with E-state index in [2.05, 4.69) is 10.6 Å². The Bertz CT molecular complexity index is 323. The van der Waals surface area contributed by atoms with Gasteiger partial charge >= 0.3 is 12.0 Å². The van der Waals surface area contributed by atoms with Crippen molar-refractivity contribution in [3.05, 3.63) is 0 Å². The SMILES string of the molecule is O=C(NC1CCCCC1)NC1(C(=O)O)CCSC1. The molecule has 2 rings (SSSR count). The van der Waals surface area contributed by atoms with Crippen molar-refractivity contribution in [3.63, 3.8) is 0 Å². The molecule has 1 aliphatic carbocycles. The molecule has 5 nitrogen and oxygen atoms in total. The van der Waals surface area contributed by atoms with E-state index in [1.165, 1.54) is 6.42 Å². The molecule has 3 N–H and O–H groups in total. The number of carbonyl (C=O) groups excluding carboxylic acids is 1. The van der Waals surface area contributed by atoms with E-state index in [-0.39, 0.29) is 12.1 Å². The third-order valence-corrected chi connectivity index (χ3v) is 4.91. The molecule has 102 valence electrons. The van der Waals surface area contributed by atoms with Gasteiger partial charge in [-0.15, -0.1) is 0 Å². The van der Waals surface area contributed by atoms with E-state index in [9.17, 15) is 14.7 Å². The number of carboxylic acid groups (broad SMARTS) is 1. The van der Waals surface area contributed by atoms with E-state index in [0.717, 1.165) is 31.4 Å². The molecule has 1 atom stereocenters. The molecule has 1 unspecified atom stereocenters. The Morgan fingerprint density at radius 3 is 2.50 bits per heavy atom. The van der Waals surface area contributed by atoms with Crippen molar-refractivity contribution in [2.24, 2.45) is 0 Å². The maximum Gasteiger partial charge on any atom is 0.330 e. The van der Waals surface area contributed by atoms with Gasteiger partial charge in [-0.1, -0.05) is 19.3 Å². The number of hydrogen-bond donors (Lipinski definition) is 3. The second-order valence-corrected chi connectivity index (χ2v) is 6.23. The number of carbonyl (C=O) groups is 2. The summed E-state index contributed by atoms with van der Waals surface area (Å²) in [6, 6.07) is -0.120. The molecule has 0 aromatic carbocycles. The van der Waals surface area contributed by atoms with Crippen LogP contribution in [0.2, 0.25) is 0 Å². The van der Waals surface area contributed by atoms with Crippen LogP contribution in [-0.2, 0) is 4.79 Å². The van der Waals surface area contributed by atoms with Gasteiger partial charge in [-0.3, -0.25) is 0 Å². The van der Waals surface area contributed by atoms with Crippen molar-refractivity contribution in [2.75, 3.05) is 11.5 Å². The summed E-state index contributed by atoms with van der Waals surface area (Å²) in [5.41, 5.74) is -1.07. The lowest BCUT2D eigenvalue weighted by Gasteiger charge is -2.28. The molecule has 0 radical (unpaired) electrons. The first-order chi connectivity index (χ1) is 8.62. The molecule has 0 aromatic heterocycles. The average molecular weight is 272 g/mol. The molecular weight excluding hydrogens is 252 g/mol. The smallest absolute Gasteiger partial charge is 0.330 e. The Kier molecular flexibility index (Phi) is 4.37. The van der Waals surface area contributed by atoms with E-state index in [0.29, 0.717) is 12.2 Å². The van der Waals surface area contributed by atoms with Gasteiger partial charge in [-0.2, -0.15) is 11.8 Å². The molecule has 0 bridgehead atoms. The lowest BCUT2D eigenvalue weighted by atomic mass is 9.95. The molecular formula is C12H20N2O3S. The van der Waals surface area contributed by atoms with E-state index in [1.54, 1.807) is 11.8 Å². The number of carboxylic acids is 1. The predicted octanol–water partition coefficient (Wildman–Crippen LogP) is 1.58. The van der Waals surface area contributed by atoms with Crippen LogP contribution in [0.5, 0.6) is 0 Å². The number of urea groups is 1. The second-order valence-electron chi connectivity index (χ2n) is 5.12. The van der Waals surface area contributed by atoms with Crippen molar-refractivity contribution in [1.29, 1.82) is 0 Å². The summed E-state index contributed by atoms with van der Waals surface area (Å²) in [5, 5.41) is 14.8. The van der Waals surface area contributed by atoms with Gasteiger partial charge in [0.05, 0.1) is 0 Å². The fourth-order valence-corrected chi connectivity index (χ4v) is 3.90. The van der Waals surface area contributed by atoms with Crippen molar-refractivity contribution in [1.82, 2.24) is 10.6 Å². The van der Waals surface area contributed by atoms with Crippen LogP contribution in [0.25, 0.3) is 0 Å². The highest BCUT2D eigenvalue weighted by molar-refractivity contribution is 7.99. The largest absolute Gasteiger partial charge is 0.479 e. The third kappa shape index (κ3) is 3.10. The maximum atomic E-state index is 11.9. The zero-order valence-corrected chi connectivity index (χ0v) is 11.2. The molecule has 2 amide bonds. The van der Waals surface area contributed by atoms with Gasteiger partial charge in [0, 0.05) is 11.8 Å². The van der Waals surface area contributed by atoms with Crippen molar-refractivity contribution in [2.45, 2.75) is 50.1 Å². The number of aliphatic carboxylic acids is 1. The summed E-state index contributed by atoms with van der Waals surface area (Å²) >= 11 is 1.57. The lowest BCUT2D eigenvalue weighted by Crippen LogP contribution is -2.58. The summed E-state index contributed by atoms with van der Waals surface area (Å²) in [6.07, 6.45) is 6.03. The summed E-state index contributed by atoms with van der Waals surface area (Å²) in [4.78, 5) is 23.2. The number of amides is 2. The number of hydrogen-bond acceptors (Lipinski definition) is 3. The monoisotopic (exact) mass is 272 g/mol. The molecule has 18 heavy (non-hydrogen) atoms. The van der Waals surface area contributed by atoms with Gasteiger partial charge in [0.1, 0.15) is 5.54 Å². The summed E-state index contributed by atoms with van der Waals surface area (Å²) in [5.74, 6) is 0.322. The van der Waals surface area contributed by atoms with Crippen LogP contribution in [0, 0.1) is 0 Å². The first-order valence-corrected chi connectivity index (χ1v) is 7.68. The van der Waals surface area contributed by atoms with Crippen LogP contribution in [0.1, 0.15) is 38.5 Å². The minimum absolute atomic E-state index is 0.207. The summed E-state index contributed by atoms with van der Waals surface area (Å²) < 4.78 is 0. The maximum absolute atomic E-state index is 11.9. The highest BCUT2D eigenvalue weighted by Gasteiger charge is 2.43. The Hall–Kier alpha value is -0.910. The average Bonchev–Trinajstić information content (AvgIpc) is 2.80. The fraction of sp³-hybridized carbons (Fsp3) is 0.833. The van der Waals surface area contributed by atoms with Crippen LogP contribution >= 0.6 is 11.8 Å². The van der Waals surface area contributed by atoms with Gasteiger partial charge in [0.2, 0.25) is 0 Å². The van der Waals surface area contributed by atoms with E-state index in [4.69, 9.17) is 0 Å². The number of thioether (sulfide) groups is 1. The normalized spacial score (nSPS) is 28.9. The first kappa shape index (κ1) is 13.5. The molecule has 0 spiro atoms. The molecule has 1 aliphatic heterocycles. The Labute approximate surface area is 111 Å². The van der Waals surface area contributed by atoms with E-state index in [1.807, 2.05) is 0 Å².